The predicted molar refractivity (Wildman–Crippen MR) is 120 cm³/mol. The second-order valence-electron chi connectivity index (χ2n) is 6.34. The van der Waals surface area contributed by atoms with E-state index in [-0.39, 0.29) is 71.5 Å². The zero-order valence-corrected chi connectivity index (χ0v) is 20.0. The summed E-state index contributed by atoms with van der Waals surface area (Å²) in [5, 5.41) is 56.0. The molecule has 0 aromatic heterocycles. The number of carboxylic acid groups (broad SMARTS) is 3. The minimum absolute atomic E-state index is 0. The maximum atomic E-state index is 10.4. The Morgan fingerprint density at radius 1 is 0.514 bits per heavy atom. The minimum atomic E-state index is -1.17. The van der Waals surface area contributed by atoms with E-state index >= 15 is 0 Å². The summed E-state index contributed by atoms with van der Waals surface area (Å²) in [6.07, 6.45) is 0. The molecule has 15 nitrogen and oxygen atoms in total. The number of carbonyl (C=O) groups is 3. The van der Waals surface area contributed by atoms with Crippen molar-refractivity contribution in [2.45, 2.75) is 0 Å². The number of hydrogen-bond donors (Lipinski definition) is 3. The average Bonchev–Trinajstić information content (AvgIpc) is 2.85. The van der Waals surface area contributed by atoms with E-state index in [4.69, 9.17) is 15.3 Å². The fourth-order valence-corrected chi connectivity index (χ4v) is 2.26. The zero-order valence-electron chi connectivity index (χ0n) is 18.1. The van der Waals surface area contributed by atoms with Gasteiger partial charge < -0.3 is 15.3 Å². The van der Waals surface area contributed by atoms with Crippen LogP contribution in [0.5, 0.6) is 0 Å². The Morgan fingerprint density at radius 3 is 0.892 bits per heavy atom. The second kappa shape index (κ2) is 15.5. The Kier molecular flexibility index (Phi) is 13.6. The van der Waals surface area contributed by atoms with E-state index in [1.165, 1.54) is 54.6 Å². The van der Waals surface area contributed by atoms with E-state index in [1.807, 2.05) is 0 Å². The first kappa shape index (κ1) is 32.5. The summed E-state index contributed by atoms with van der Waals surface area (Å²) >= 11 is 0. The number of non-ortho nitro benzene ring substituents is 3. The van der Waals surface area contributed by atoms with Crippen LogP contribution >= 0.6 is 0 Å². The summed E-state index contributed by atoms with van der Waals surface area (Å²) in [5.74, 6) is -3.50. The molecule has 0 unspecified atom stereocenters. The van der Waals surface area contributed by atoms with Crippen LogP contribution in [0.25, 0.3) is 0 Å². The number of nitro benzene ring substituents is 3. The molecule has 3 aromatic rings. The van der Waals surface area contributed by atoms with Crippen LogP contribution in [0.1, 0.15) is 31.1 Å². The summed E-state index contributed by atoms with van der Waals surface area (Å²) in [7, 11) is 0. The van der Waals surface area contributed by atoms with Crippen LogP contribution in [0.2, 0.25) is 0 Å². The normalized spacial score (nSPS) is 9.08. The molecule has 0 aliphatic heterocycles. The van der Waals surface area contributed by atoms with Crippen LogP contribution in [0.3, 0.4) is 0 Å². The van der Waals surface area contributed by atoms with Gasteiger partial charge in [-0.25, -0.2) is 14.4 Å². The number of rotatable bonds is 6. The number of aromatic carboxylic acids is 3. The van der Waals surface area contributed by atoms with Crippen LogP contribution < -0.4 is 0 Å². The van der Waals surface area contributed by atoms with Crippen molar-refractivity contribution >= 4 is 35.0 Å². The van der Waals surface area contributed by atoms with E-state index < -0.39 is 32.7 Å². The largest absolute Gasteiger partial charge is 0.478 e. The smallest absolute Gasteiger partial charge is 0.335 e. The van der Waals surface area contributed by atoms with E-state index in [0.29, 0.717) is 0 Å². The summed E-state index contributed by atoms with van der Waals surface area (Å²) in [5.41, 5.74) is -0.877. The van der Waals surface area contributed by atoms with Gasteiger partial charge in [-0.2, -0.15) is 0 Å². The third-order valence-corrected chi connectivity index (χ3v) is 3.91. The van der Waals surface area contributed by atoms with Crippen molar-refractivity contribution in [2.75, 3.05) is 0 Å². The van der Waals surface area contributed by atoms with E-state index in [1.54, 1.807) is 0 Å². The van der Waals surface area contributed by atoms with Crippen molar-refractivity contribution in [3.63, 3.8) is 0 Å². The number of benzene rings is 3. The molecule has 0 aliphatic rings. The molecular weight excluding hydrogens is 651 g/mol. The third kappa shape index (κ3) is 11.2. The Balaban J connectivity index is 0.000000518. The van der Waals surface area contributed by atoms with Gasteiger partial charge in [-0.1, -0.05) is 18.2 Å². The predicted octanol–water partition coefficient (Wildman–Crippen LogP) is 3.88. The maximum absolute atomic E-state index is 10.4. The number of hydrogen-bond acceptors (Lipinski definition) is 9. The van der Waals surface area contributed by atoms with Gasteiger partial charge in [0.05, 0.1) is 31.5 Å². The Labute approximate surface area is 236 Å². The molecule has 0 aliphatic carbocycles. The monoisotopic (exact) mass is 666 g/mol. The Morgan fingerprint density at radius 2 is 0.730 bits per heavy atom. The number of carboxylic acids is 3. The van der Waals surface area contributed by atoms with E-state index in [2.05, 4.69) is 0 Å². The zero-order chi connectivity index (χ0) is 27.4. The minimum Gasteiger partial charge on any atom is -0.478 e. The van der Waals surface area contributed by atoms with Crippen molar-refractivity contribution < 1.29 is 82.2 Å². The van der Waals surface area contributed by atoms with Crippen molar-refractivity contribution in [3.8, 4) is 0 Å². The SMILES string of the molecule is O=C(O)c1cccc([N+](=O)[O-])c1.O=C(O)c1cccc([N+](=O)[O-])c1.O=C(O)c1cccc([N+](=O)[O-])c1.[Ho]. The van der Waals surface area contributed by atoms with Gasteiger partial charge in [0.15, 0.2) is 0 Å². The number of nitro groups is 3. The van der Waals surface area contributed by atoms with Gasteiger partial charge >= 0.3 is 17.9 Å². The van der Waals surface area contributed by atoms with Crippen molar-refractivity contribution in [3.05, 3.63) is 120 Å². The van der Waals surface area contributed by atoms with Crippen LogP contribution in [0, 0.1) is 68.1 Å². The molecule has 0 heterocycles. The summed E-state index contributed by atoms with van der Waals surface area (Å²) in [4.78, 5) is 59.7. The molecule has 0 bridgehead atoms. The molecule has 0 amide bonds. The van der Waals surface area contributed by atoms with Crippen LogP contribution in [-0.4, -0.2) is 48.0 Å². The molecule has 1 radical (unpaired) electrons. The van der Waals surface area contributed by atoms with Crippen LogP contribution in [0.4, 0.5) is 17.1 Å². The standard InChI is InChI=1S/3C7H5NO4.Ho/c3*9-7(10)5-2-1-3-6(4-5)8(11)12;/h3*1-4H,(H,9,10);. The van der Waals surface area contributed by atoms with Crippen molar-refractivity contribution in [1.82, 2.24) is 0 Å². The van der Waals surface area contributed by atoms with Gasteiger partial charge in [-0.15, -0.1) is 0 Å². The molecule has 0 fully saturated rings. The van der Waals surface area contributed by atoms with Gasteiger partial charge in [0.25, 0.3) is 17.1 Å². The fraction of sp³-hybridized carbons (Fsp3) is 0. The molecule has 16 heteroatoms. The molecule has 0 atom stereocenters. The summed E-state index contributed by atoms with van der Waals surface area (Å²) in [6.45, 7) is 0. The van der Waals surface area contributed by atoms with Gasteiger partial charge in [-0.05, 0) is 18.2 Å². The van der Waals surface area contributed by atoms with Gasteiger partial charge in [0, 0.05) is 74.1 Å². The van der Waals surface area contributed by atoms with Crippen LogP contribution in [0.15, 0.2) is 72.8 Å². The topological polar surface area (TPSA) is 241 Å². The molecule has 0 saturated heterocycles. The summed E-state index contributed by atoms with van der Waals surface area (Å²) in [6, 6.07) is 14.7. The van der Waals surface area contributed by atoms with Gasteiger partial charge in [0.2, 0.25) is 0 Å². The van der Waals surface area contributed by atoms with Crippen molar-refractivity contribution in [1.29, 1.82) is 0 Å². The molecule has 3 N–H and O–H groups in total. The molecular formula is C21H15HoN3O12. The van der Waals surface area contributed by atoms with E-state index in [0.717, 1.165) is 18.2 Å². The average molecular weight is 666 g/mol. The Bertz CT molecular complexity index is 1080. The second-order valence-corrected chi connectivity index (χ2v) is 6.34. The molecule has 0 saturated carbocycles. The summed E-state index contributed by atoms with van der Waals surface area (Å²) < 4.78 is 0. The molecule has 0 spiro atoms. The van der Waals surface area contributed by atoms with Gasteiger partial charge in [0.1, 0.15) is 0 Å². The first-order chi connectivity index (χ1) is 16.8. The molecule has 37 heavy (non-hydrogen) atoms. The first-order valence-electron chi connectivity index (χ1n) is 9.26. The fourth-order valence-electron chi connectivity index (χ4n) is 2.26. The van der Waals surface area contributed by atoms with Gasteiger partial charge in [-0.3, -0.25) is 30.3 Å². The third-order valence-electron chi connectivity index (χ3n) is 3.91. The number of nitrogens with zero attached hydrogens (tertiary/aromatic N) is 3. The molecule has 3 aromatic carbocycles. The van der Waals surface area contributed by atoms with Crippen molar-refractivity contribution in [2.24, 2.45) is 0 Å². The Hall–Kier alpha value is -4.47. The van der Waals surface area contributed by atoms with Crippen LogP contribution in [-0.2, 0) is 0 Å². The maximum Gasteiger partial charge on any atom is 0.335 e. The molecule has 197 valence electrons. The first-order valence-corrected chi connectivity index (χ1v) is 9.26. The van der Waals surface area contributed by atoms with E-state index in [9.17, 15) is 44.7 Å². The molecule has 3 rings (SSSR count). The quantitative estimate of drug-likeness (QED) is 0.193.